The molecule has 0 spiro atoms. The Morgan fingerprint density at radius 1 is 0.735 bits per heavy atom. The first-order valence-electron chi connectivity index (χ1n) is 12.5. The fourth-order valence-corrected chi connectivity index (χ4v) is 4.85. The molecule has 9 heteroatoms. The molecule has 4 rings (SSSR count). The van der Waals surface area contributed by atoms with Gasteiger partial charge in [0.1, 0.15) is 0 Å². The zero-order valence-electron chi connectivity index (χ0n) is 19.8. The van der Waals surface area contributed by atoms with E-state index in [1.807, 2.05) is 4.90 Å². The van der Waals surface area contributed by atoms with Crippen molar-refractivity contribution in [1.82, 2.24) is 20.0 Å². The van der Waals surface area contributed by atoms with Gasteiger partial charge in [0.25, 0.3) is 5.91 Å². The number of rotatable bonds is 6. The predicted octanol–water partition coefficient (Wildman–Crippen LogP) is 1.09. The van der Waals surface area contributed by atoms with Gasteiger partial charge in [-0.2, -0.15) is 0 Å². The highest BCUT2D eigenvalue weighted by Crippen LogP contribution is 2.21. The first kappa shape index (κ1) is 24.2. The smallest absolute Gasteiger partial charge is 0.251 e. The van der Waals surface area contributed by atoms with E-state index in [0.29, 0.717) is 51.3 Å². The molecule has 34 heavy (non-hydrogen) atoms. The van der Waals surface area contributed by atoms with Gasteiger partial charge in [-0.3, -0.25) is 24.1 Å². The maximum absolute atomic E-state index is 12.6. The molecule has 3 heterocycles. The number of nitrogens with one attached hydrogen (secondary N) is 1. The summed E-state index contributed by atoms with van der Waals surface area (Å²) in [6.07, 6.45) is 5.99. The van der Waals surface area contributed by atoms with Gasteiger partial charge in [0, 0.05) is 63.5 Å². The van der Waals surface area contributed by atoms with Crippen LogP contribution in [0.1, 0.15) is 48.9 Å². The highest BCUT2D eigenvalue weighted by Gasteiger charge is 2.25. The summed E-state index contributed by atoms with van der Waals surface area (Å²) in [5.74, 6) is -0.135. The van der Waals surface area contributed by atoms with Crippen molar-refractivity contribution in [1.29, 1.82) is 0 Å². The molecule has 4 amide bonds. The second-order valence-electron chi connectivity index (χ2n) is 9.33. The van der Waals surface area contributed by atoms with Crippen molar-refractivity contribution < 1.29 is 19.2 Å². The third-order valence-corrected chi connectivity index (χ3v) is 6.96. The first-order valence-corrected chi connectivity index (χ1v) is 12.5. The molecular weight excluding hydrogens is 434 g/mol. The fourth-order valence-electron chi connectivity index (χ4n) is 4.85. The van der Waals surface area contributed by atoms with Crippen LogP contribution in [0.5, 0.6) is 0 Å². The molecule has 0 saturated carbocycles. The van der Waals surface area contributed by atoms with E-state index >= 15 is 0 Å². The predicted molar refractivity (Wildman–Crippen MR) is 128 cm³/mol. The van der Waals surface area contributed by atoms with E-state index in [4.69, 9.17) is 0 Å². The number of anilines is 1. The quantitative estimate of drug-likeness (QED) is 0.673. The summed E-state index contributed by atoms with van der Waals surface area (Å²) in [5, 5.41) is 2.70. The minimum absolute atomic E-state index is 0.0576. The minimum Gasteiger partial charge on any atom is -0.343 e. The summed E-state index contributed by atoms with van der Waals surface area (Å²) in [6, 6.07) is 6.90. The zero-order chi connectivity index (χ0) is 23.9. The van der Waals surface area contributed by atoms with Crippen molar-refractivity contribution in [2.45, 2.75) is 38.5 Å². The topological polar surface area (TPSA) is 93.3 Å². The summed E-state index contributed by atoms with van der Waals surface area (Å²) in [5.41, 5.74) is 1.25. The summed E-state index contributed by atoms with van der Waals surface area (Å²) in [4.78, 5) is 57.1. The van der Waals surface area contributed by atoms with Crippen LogP contribution in [-0.4, -0.2) is 97.2 Å². The standard InChI is InChI=1S/C25H35N5O4/c31-22-6-5-13-30(22)21-9-7-20(8-10-21)25(34)26-18-23(32)29-16-14-27(15-17-29)19-24(33)28-11-3-1-2-4-12-28/h7-10H,1-6,11-19H2,(H,26,34). The van der Waals surface area contributed by atoms with Gasteiger partial charge in [0.2, 0.25) is 17.7 Å². The van der Waals surface area contributed by atoms with Gasteiger partial charge in [0.15, 0.2) is 0 Å². The van der Waals surface area contributed by atoms with Crippen LogP contribution in [0, 0.1) is 0 Å². The van der Waals surface area contributed by atoms with E-state index in [-0.39, 0.29) is 30.2 Å². The van der Waals surface area contributed by atoms with E-state index < -0.39 is 0 Å². The Bertz CT molecular complexity index is 887. The molecule has 184 valence electrons. The van der Waals surface area contributed by atoms with Crippen LogP contribution in [0.25, 0.3) is 0 Å². The van der Waals surface area contributed by atoms with Gasteiger partial charge < -0.3 is 20.0 Å². The number of hydrogen-bond acceptors (Lipinski definition) is 5. The van der Waals surface area contributed by atoms with Crippen LogP contribution in [0.2, 0.25) is 0 Å². The Kier molecular flexibility index (Phi) is 8.16. The Balaban J connectivity index is 1.18. The molecule has 3 aliphatic heterocycles. The lowest BCUT2D eigenvalue weighted by molar-refractivity contribution is -0.134. The Morgan fingerprint density at radius 2 is 1.38 bits per heavy atom. The average molecular weight is 470 g/mol. The monoisotopic (exact) mass is 469 g/mol. The number of carbonyl (C=O) groups excluding carboxylic acids is 4. The molecule has 3 aliphatic rings. The first-order chi connectivity index (χ1) is 16.5. The molecule has 3 saturated heterocycles. The van der Waals surface area contributed by atoms with Gasteiger partial charge in [-0.15, -0.1) is 0 Å². The third kappa shape index (κ3) is 6.14. The maximum Gasteiger partial charge on any atom is 0.251 e. The van der Waals surface area contributed by atoms with Gasteiger partial charge in [-0.25, -0.2) is 0 Å². The van der Waals surface area contributed by atoms with Gasteiger partial charge in [-0.05, 0) is 43.5 Å². The summed E-state index contributed by atoms with van der Waals surface area (Å²) in [6.45, 7) is 5.22. The van der Waals surface area contributed by atoms with Crippen LogP contribution in [0.15, 0.2) is 24.3 Å². The highest BCUT2D eigenvalue weighted by molar-refractivity contribution is 5.98. The largest absolute Gasteiger partial charge is 0.343 e. The van der Waals surface area contributed by atoms with Crippen LogP contribution < -0.4 is 10.2 Å². The average Bonchev–Trinajstić information content (AvgIpc) is 3.10. The number of nitrogens with zero attached hydrogens (tertiary/aromatic N) is 4. The van der Waals surface area contributed by atoms with E-state index in [0.717, 1.165) is 38.0 Å². The normalized spacial score (nSPS) is 19.8. The molecule has 0 unspecified atom stereocenters. The molecule has 1 N–H and O–H groups in total. The van der Waals surface area contributed by atoms with Crippen LogP contribution in [0.4, 0.5) is 5.69 Å². The molecule has 0 aliphatic carbocycles. The molecule has 0 atom stereocenters. The van der Waals surface area contributed by atoms with Crippen molar-refractivity contribution >= 4 is 29.3 Å². The lowest BCUT2D eigenvalue weighted by atomic mass is 10.2. The van der Waals surface area contributed by atoms with E-state index in [1.165, 1.54) is 12.8 Å². The number of carbonyl (C=O) groups is 4. The van der Waals surface area contributed by atoms with Crippen molar-refractivity contribution in [2.75, 3.05) is 63.8 Å². The number of piperazine rings is 1. The van der Waals surface area contributed by atoms with Crippen LogP contribution >= 0.6 is 0 Å². The van der Waals surface area contributed by atoms with Crippen molar-refractivity contribution in [2.24, 2.45) is 0 Å². The highest BCUT2D eigenvalue weighted by atomic mass is 16.2. The van der Waals surface area contributed by atoms with Crippen molar-refractivity contribution in [3.63, 3.8) is 0 Å². The lowest BCUT2D eigenvalue weighted by Crippen LogP contribution is -2.53. The SMILES string of the molecule is O=C(NCC(=O)N1CCN(CC(=O)N2CCCCCC2)CC1)c1ccc(N2CCCC2=O)cc1. The van der Waals surface area contributed by atoms with Gasteiger partial charge in [0.05, 0.1) is 13.1 Å². The lowest BCUT2D eigenvalue weighted by Gasteiger charge is -2.35. The van der Waals surface area contributed by atoms with E-state index in [9.17, 15) is 19.2 Å². The molecule has 0 aromatic heterocycles. The molecule has 0 bridgehead atoms. The molecule has 0 radical (unpaired) electrons. The third-order valence-electron chi connectivity index (χ3n) is 6.96. The van der Waals surface area contributed by atoms with Crippen LogP contribution in [-0.2, 0) is 14.4 Å². The molecule has 1 aromatic rings. The summed E-state index contributed by atoms with van der Waals surface area (Å²) >= 11 is 0. The Morgan fingerprint density at radius 3 is 2.00 bits per heavy atom. The van der Waals surface area contributed by atoms with Gasteiger partial charge >= 0.3 is 0 Å². The second kappa shape index (κ2) is 11.5. The Hall–Kier alpha value is -2.94. The van der Waals surface area contributed by atoms with Crippen molar-refractivity contribution in [3.8, 4) is 0 Å². The summed E-state index contributed by atoms with van der Waals surface area (Å²) < 4.78 is 0. The molecular formula is C25H35N5O4. The maximum atomic E-state index is 12.6. The van der Waals surface area contributed by atoms with Gasteiger partial charge in [-0.1, -0.05) is 12.8 Å². The minimum atomic E-state index is -0.311. The van der Waals surface area contributed by atoms with E-state index in [2.05, 4.69) is 10.2 Å². The summed E-state index contributed by atoms with van der Waals surface area (Å²) in [7, 11) is 0. The van der Waals surface area contributed by atoms with E-state index in [1.54, 1.807) is 34.1 Å². The zero-order valence-corrected chi connectivity index (χ0v) is 19.8. The number of benzene rings is 1. The molecule has 1 aromatic carbocycles. The number of hydrogen-bond donors (Lipinski definition) is 1. The number of amides is 4. The van der Waals surface area contributed by atoms with Crippen LogP contribution in [0.3, 0.4) is 0 Å². The molecule has 3 fully saturated rings. The second-order valence-corrected chi connectivity index (χ2v) is 9.33. The number of likely N-dealkylation sites (tertiary alicyclic amines) is 1. The Labute approximate surface area is 201 Å². The van der Waals surface area contributed by atoms with Crippen molar-refractivity contribution in [3.05, 3.63) is 29.8 Å². The molecule has 9 nitrogen and oxygen atoms in total. The fraction of sp³-hybridized carbons (Fsp3) is 0.600.